The second-order valence-electron chi connectivity index (χ2n) is 2.78. The lowest BCUT2D eigenvalue weighted by atomic mass is 10.1. The van der Waals surface area contributed by atoms with E-state index >= 15 is 0 Å². The van der Waals surface area contributed by atoms with Crippen molar-refractivity contribution in [3.05, 3.63) is 22.2 Å². The van der Waals surface area contributed by atoms with Gasteiger partial charge in [-0.15, -0.1) is 0 Å². The van der Waals surface area contributed by atoms with E-state index < -0.39 is 5.97 Å². The molecule has 1 rings (SSSR count). The Balaban J connectivity index is 3.53. The van der Waals surface area contributed by atoms with Crippen LogP contribution in [-0.2, 0) is 0 Å². The third-order valence-electron chi connectivity index (χ3n) is 1.96. The van der Waals surface area contributed by atoms with Gasteiger partial charge in [0.25, 0.3) is 0 Å². The van der Waals surface area contributed by atoms with Crippen LogP contribution in [0.1, 0.15) is 15.9 Å². The van der Waals surface area contributed by atoms with E-state index in [0.717, 1.165) is 0 Å². The smallest absolute Gasteiger partial charge is 0.338 e. The van der Waals surface area contributed by atoms with Gasteiger partial charge in [-0.3, -0.25) is 0 Å². The molecule has 0 aliphatic rings. The standard InChI is InChI=1S/C9H10ClNO3/c1-4-5(10)3-6(14-2)8(11)7(4)9(12)13/h3H,11H2,1-2H3,(H,12,13). The highest BCUT2D eigenvalue weighted by atomic mass is 35.5. The molecular weight excluding hydrogens is 206 g/mol. The highest BCUT2D eigenvalue weighted by molar-refractivity contribution is 6.32. The lowest BCUT2D eigenvalue weighted by Gasteiger charge is -2.11. The number of rotatable bonds is 2. The summed E-state index contributed by atoms with van der Waals surface area (Å²) in [6, 6.07) is 1.50. The zero-order chi connectivity index (χ0) is 10.9. The van der Waals surface area contributed by atoms with Crippen LogP contribution in [0.2, 0.25) is 5.02 Å². The molecule has 76 valence electrons. The molecule has 0 aliphatic heterocycles. The molecule has 4 nitrogen and oxygen atoms in total. The first-order chi connectivity index (χ1) is 6.49. The lowest BCUT2D eigenvalue weighted by Crippen LogP contribution is -2.07. The third kappa shape index (κ3) is 1.61. The zero-order valence-electron chi connectivity index (χ0n) is 7.80. The molecule has 0 atom stereocenters. The normalized spacial score (nSPS) is 9.93. The summed E-state index contributed by atoms with van der Waals surface area (Å²) >= 11 is 5.81. The monoisotopic (exact) mass is 215 g/mol. The minimum atomic E-state index is -1.11. The first-order valence-electron chi connectivity index (χ1n) is 3.85. The Bertz CT molecular complexity index is 390. The maximum absolute atomic E-state index is 10.9. The van der Waals surface area contributed by atoms with Crippen LogP contribution >= 0.6 is 11.6 Å². The zero-order valence-corrected chi connectivity index (χ0v) is 8.55. The number of carboxylic acid groups (broad SMARTS) is 1. The van der Waals surface area contributed by atoms with Crippen molar-refractivity contribution in [2.24, 2.45) is 0 Å². The number of hydrogen-bond donors (Lipinski definition) is 2. The lowest BCUT2D eigenvalue weighted by molar-refractivity contribution is 0.0697. The molecule has 0 spiro atoms. The van der Waals surface area contributed by atoms with Crippen LogP contribution in [-0.4, -0.2) is 18.2 Å². The summed E-state index contributed by atoms with van der Waals surface area (Å²) in [5.74, 6) is -0.834. The van der Waals surface area contributed by atoms with Crippen LogP contribution < -0.4 is 10.5 Å². The molecule has 3 N–H and O–H groups in total. The van der Waals surface area contributed by atoms with Gasteiger partial charge in [-0.25, -0.2) is 4.79 Å². The highest BCUT2D eigenvalue weighted by Crippen LogP contribution is 2.33. The van der Waals surface area contributed by atoms with Gasteiger partial charge in [-0.05, 0) is 12.5 Å². The molecular formula is C9H10ClNO3. The van der Waals surface area contributed by atoms with E-state index in [-0.39, 0.29) is 17.0 Å². The Labute approximate surface area is 86.2 Å². The predicted molar refractivity (Wildman–Crippen MR) is 54.1 cm³/mol. The van der Waals surface area contributed by atoms with Crippen molar-refractivity contribution >= 4 is 23.3 Å². The molecule has 0 fully saturated rings. The summed E-state index contributed by atoms with van der Waals surface area (Å²) in [6.07, 6.45) is 0. The van der Waals surface area contributed by atoms with E-state index in [1.165, 1.54) is 13.2 Å². The Kier molecular flexibility index (Phi) is 2.86. The largest absolute Gasteiger partial charge is 0.495 e. The second kappa shape index (κ2) is 3.75. The number of halogens is 1. The number of anilines is 1. The van der Waals surface area contributed by atoms with Gasteiger partial charge in [0.15, 0.2) is 0 Å². The molecule has 0 saturated heterocycles. The molecule has 0 aliphatic carbocycles. The van der Waals surface area contributed by atoms with Crippen LogP contribution in [0.3, 0.4) is 0 Å². The molecule has 1 aromatic rings. The molecule has 5 heteroatoms. The quantitative estimate of drug-likeness (QED) is 0.740. The van der Waals surface area contributed by atoms with Crippen molar-refractivity contribution in [2.75, 3.05) is 12.8 Å². The van der Waals surface area contributed by atoms with Gasteiger partial charge in [0.1, 0.15) is 5.75 Å². The molecule has 14 heavy (non-hydrogen) atoms. The fraction of sp³-hybridized carbons (Fsp3) is 0.222. The van der Waals surface area contributed by atoms with E-state index in [1.807, 2.05) is 0 Å². The number of benzene rings is 1. The van der Waals surface area contributed by atoms with Gasteiger partial charge < -0.3 is 15.6 Å². The van der Waals surface area contributed by atoms with E-state index in [4.69, 9.17) is 27.2 Å². The Morgan fingerprint density at radius 3 is 2.64 bits per heavy atom. The van der Waals surface area contributed by atoms with Crippen LogP contribution in [0.25, 0.3) is 0 Å². The van der Waals surface area contributed by atoms with Gasteiger partial charge in [-0.1, -0.05) is 11.6 Å². The van der Waals surface area contributed by atoms with Gasteiger partial charge in [0.05, 0.1) is 18.4 Å². The summed E-state index contributed by atoms with van der Waals surface area (Å²) in [4.78, 5) is 10.9. The van der Waals surface area contributed by atoms with E-state index in [1.54, 1.807) is 6.92 Å². The number of carbonyl (C=O) groups is 1. The molecule has 0 saturated carbocycles. The summed E-state index contributed by atoms with van der Waals surface area (Å²) in [7, 11) is 1.41. The van der Waals surface area contributed by atoms with Crippen LogP contribution in [0.5, 0.6) is 5.75 Å². The maximum atomic E-state index is 10.9. The molecule has 0 amide bonds. The van der Waals surface area contributed by atoms with Crippen LogP contribution in [0, 0.1) is 6.92 Å². The minimum Gasteiger partial charge on any atom is -0.495 e. The summed E-state index contributed by atoms with van der Waals surface area (Å²) < 4.78 is 4.90. The highest BCUT2D eigenvalue weighted by Gasteiger charge is 2.18. The summed E-state index contributed by atoms with van der Waals surface area (Å²) in [6.45, 7) is 1.60. The second-order valence-corrected chi connectivity index (χ2v) is 3.19. The van der Waals surface area contributed by atoms with Crippen molar-refractivity contribution < 1.29 is 14.6 Å². The van der Waals surface area contributed by atoms with E-state index in [2.05, 4.69) is 0 Å². The van der Waals surface area contributed by atoms with Crippen molar-refractivity contribution in [1.29, 1.82) is 0 Å². The summed E-state index contributed by atoms with van der Waals surface area (Å²) in [5.41, 5.74) is 6.14. The van der Waals surface area contributed by atoms with E-state index in [0.29, 0.717) is 10.6 Å². The number of carboxylic acids is 1. The predicted octanol–water partition coefficient (Wildman–Crippen LogP) is 1.94. The molecule has 0 radical (unpaired) electrons. The molecule has 0 heterocycles. The molecule has 1 aromatic carbocycles. The van der Waals surface area contributed by atoms with Gasteiger partial charge in [0.2, 0.25) is 0 Å². The number of aromatic carboxylic acids is 1. The van der Waals surface area contributed by atoms with E-state index in [9.17, 15) is 4.79 Å². The number of methoxy groups -OCH3 is 1. The minimum absolute atomic E-state index is 0.00523. The number of hydrogen-bond acceptors (Lipinski definition) is 3. The maximum Gasteiger partial charge on any atom is 0.338 e. The average molecular weight is 216 g/mol. The third-order valence-corrected chi connectivity index (χ3v) is 2.35. The van der Waals surface area contributed by atoms with Crippen LogP contribution in [0.4, 0.5) is 5.69 Å². The van der Waals surface area contributed by atoms with Gasteiger partial charge in [0, 0.05) is 11.1 Å². The summed E-state index contributed by atoms with van der Waals surface area (Å²) in [5, 5.41) is 9.22. The van der Waals surface area contributed by atoms with Gasteiger partial charge >= 0.3 is 5.97 Å². The number of nitrogens with two attached hydrogens (primary N) is 1. The number of ether oxygens (including phenoxy) is 1. The van der Waals surface area contributed by atoms with Crippen molar-refractivity contribution in [2.45, 2.75) is 6.92 Å². The fourth-order valence-electron chi connectivity index (χ4n) is 1.19. The Hall–Kier alpha value is -1.42. The first kappa shape index (κ1) is 10.7. The average Bonchev–Trinajstić information content (AvgIpc) is 2.11. The van der Waals surface area contributed by atoms with Crippen molar-refractivity contribution in [3.8, 4) is 5.75 Å². The fourth-order valence-corrected chi connectivity index (χ4v) is 1.38. The topological polar surface area (TPSA) is 72.5 Å². The first-order valence-corrected chi connectivity index (χ1v) is 4.22. The van der Waals surface area contributed by atoms with Crippen molar-refractivity contribution in [3.63, 3.8) is 0 Å². The SMILES string of the molecule is COc1cc(Cl)c(C)c(C(=O)O)c1N. The van der Waals surface area contributed by atoms with Gasteiger partial charge in [-0.2, -0.15) is 0 Å². The molecule has 0 unspecified atom stereocenters. The van der Waals surface area contributed by atoms with Crippen LogP contribution in [0.15, 0.2) is 6.07 Å². The Morgan fingerprint density at radius 1 is 1.64 bits per heavy atom. The molecule has 0 aromatic heterocycles. The van der Waals surface area contributed by atoms with Crippen molar-refractivity contribution in [1.82, 2.24) is 0 Å². The molecule has 0 bridgehead atoms. The Morgan fingerprint density at radius 2 is 2.21 bits per heavy atom. The number of nitrogen functional groups attached to an aromatic ring is 1.